The molecule has 0 amide bonds. The number of hydrogen-bond donors (Lipinski definition) is 0. The third-order valence-corrected chi connectivity index (χ3v) is 2.65. The van der Waals surface area contributed by atoms with E-state index in [-0.39, 0.29) is 0 Å². The fraction of sp³-hybridized carbons (Fsp3) is 0.333. The molecule has 1 unspecified atom stereocenters. The summed E-state index contributed by atoms with van der Waals surface area (Å²) in [6.45, 7) is 0. The SMILES string of the molecule is N#CC(C#N)C(C#N)(C#N)C1C=CC=CC1. The van der Waals surface area contributed by atoms with Crippen molar-refractivity contribution in [3.63, 3.8) is 0 Å². The van der Waals surface area contributed by atoms with Crippen molar-refractivity contribution in [3.8, 4) is 24.3 Å². The van der Waals surface area contributed by atoms with E-state index < -0.39 is 17.3 Å². The van der Waals surface area contributed by atoms with E-state index in [2.05, 4.69) is 0 Å². The summed E-state index contributed by atoms with van der Waals surface area (Å²) in [6, 6.07) is 7.15. The van der Waals surface area contributed by atoms with Crippen molar-refractivity contribution < 1.29 is 0 Å². The maximum Gasteiger partial charge on any atom is 0.179 e. The van der Waals surface area contributed by atoms with Crippen LogP contribution in [0.15, 0.2) is 24.3 Å². The minimum Gasteiger partial charge on any atom is -0.197 e. The minimum atomic E-state index is -1.58. The first-order valence-corrected chi connectivity index (χ1v) is 4.70. The molecule has 0 spiro atoms. The molecule has 4 heteroatoms. The van der Waals surface area contributed by atoms with Crippen molar-refractivity contribution in [1.82, 2.24) is 0 Å². The number of nitriles is 4. The fourth-order valence-electron chi connectivity index (χ4n) is 1.68. The standard InChI is InChI=1S/C12H8N4/c13-6-11(7-14)12(8-15,9-16)10-4-2-1-3-5-10/h1-4,10-11H,5H2. The first kappa shape index (κ1) is 11.5. The van der Waals surface area contributed by atoms with Crippen LogP contribution in [0, 0.1) is 62.6 Å². The van der Waals surface area contributed by atoms with Gasteiger partial charge >= 0.3 is 0 Å². The summed E-state index contributed by atoms with van der Waals surface area (Å²) in [6.07, 6.45) is 7.55. The molecule has 0 heterocycles. The summed E-state index contributed by atoms with van der Waals surface area (Å²) in [7, 11) is 0. The summed E-state index contributed by atoms with van der Waals surface area (Å²) in [5.74, 6) is -1.64. The second-order valence-corrected chi connectivity index (χ2v) is 3.44. The van der Waals surface area contributed by atoms with E-state index in [0.29, 0.717) is 6.42 Å². The lowest BCUT2D eigenvalue weighted by atomic mass is 9.67. The number of allylic oxidation sites excluding steroid dienone is 4. The first-order chi connectivity index (χ1) is 7.75. The largest absolute Gasteiger partial charge is 0.197 e. The zero-order valence-electron chi connectivity index (χ0n) is 8.46. The summed E-state index contributed by atoms with van der Waals surface area (Å²) in [5.41, 5.74) is -1.58. The Balaban J connectivity index is 3.19. The molecule has 1 aliphatic carbocycles. The second-order valence-electron chi connectivity index (χ2n) is 3.44. The topological polar surface area (TPSA) is 95.2 Å². The molecular weight excluding hydrogens is 200 g/mol. The normalized spacial score (nSPS) is 18.2. The maximum absolute atomic E-state index is 9.13. The fourth-order valence-corrected chi connectivity index (χ4v) is 1.68. The molecular formula is C12H8N4. The van der Waals surface area contributed by atoms with Gasteiger partial charge in [-0.05, 0) is 6.42 Å². The summed E-state index contributed by atoms with van der Waals surface area (Å²) in [4.78, 5) is 0. The zero-order chi connectivity index (χ0) is 12.0. The van der Waals surface area contributed by atoms with E-state index in [9.17, 15) is 0 Å². The molecule has 0 aromatic carbocycles. The van der Waals surface area contributed by atoms with E-state index in [4.69, 9.17) is 21.0 Å². The lowest BCUT2D eigenvalue weighted by molar-refractivity contribution is 0.337. The summed E-state index contributed by atoms with van der Waals surface area (Å²) >= 11 is 0. The van der Waals surface area contributed by atoms with Crippen molar-refractivity contribution >= 4 is 0 Å². The van der Waals surface area contributed by atoms with Crippen LogP contribution in [0.1, 0.15) is 6.42 Å². The molecule has 0 saturated carbocycles. The maximum atomic E-state index is 9.13. The van der Waals surface area contributed by atoms with E-state index in [1.165, 1.54) is 0 Å². The van der Waals surface area contributed by atoms with E-state index in [1.54, 1.807) is 24.3 Å². The van der Waals surface area contributed by atoms with Gasteiger partial charge < -0.3 is 0 Å². The van der Waals surface area contributed by atoms with Crippen LogP contribution in [-0.2, 0) is 0 Å². The van der Waals surface area contributed by atoms with Gasteiger partial charge in [-0.2, -0.15) is 21.0 Å². The molecule has 0 saturated heterocycles. The summed E-state index contributed by atoms with van der Waals surface area (Å²) in [5, 5.41) is 35.9. The van der Waals surface area contributed by atoms with Gasteiger partial charge in [0.15, 0.2) is 11.3 Å². The average molecular weight is 208 g/mol. The molecule has 0 aromatic rings. The van der Waals surface area contributed by atoms with Gasteiger partial charge in [0.25, 0.3) is 0 Å². The zero-order valence-corrected chi connectivity index (χ0v) is 8.46. The number of hydrogen-bond acceptors (Lipinski definition) is 4. The van der Waals surface area contributed by atoms with Gasteiger partial charge in [-0.25, -0.2) is 0 Å². The van der Waals surface area contributed by atoms with Gasteiger partial charge in [-0.3, -0.25) is 0 Å². The van der Waals surface area contributed by atoms with Crippen molar-refractivity contribution in [2.24, 2.45) is 17.3 Å². The highest BCUT2D eigenvalue weighted by Crippen LogP contribution is 2.38. The highest BCUT2D eigenvalue weighted by molar-refractivity contribution is 5.32. The van der Waals surface area contributed by atoms with Crippen molar-refractivity contribution in [2.45, 2.75) is 6.42 Å². The van der Waals surface area contributed by atoms with Gasteiger partial charge in [0.05, 0.1) is 24.3 Å². The molecule has 1 rings (SSSR count). The number of nitrogens with zero attached hydrogens (tertiary/aromatic N) is 4. The van der Waals surface area contributed by atoms with E-state index in [1.807, 2.05) is 24.3 Å². The van der Waals surface area contributed by atoms with Crippen molar-refractivity contribution in [2.75, 3.05) is 0 Å². The highest BCUT2D eigenvalue weighted by atomic mass is 14.5. The van der Waals surface area contributed by atoms with Crippen LogP contribution in [0.4, 0.5) is 0 Å². The molecule has 0 radical (unpaired) electrons. The van der Waals surface area contributed by atoms with Gasteiger partial charge in [0.1, 0.15) is 0 Å². The molecule has 0 bridgehead atoms. The molecule has 16 heavy (non-hydrogen) atoms. The van der Waals surface area contributed by atoms with E-state index in [0.717, 1.165) is 0 Å². The average Bonchev–Trinajstić information content (AvgIpc) is 2.37. The van der Waals surface area contributed by atoms with Crippen molar-refractivity contribution in [1.29, 1.82) is 21.0 Å². The molecule has 1 atom stereocenters. The highest BCUT2D eigenvalue weighted by Gasteiger charge is 2.46. The lowest BCUT2D eigenvalue weighted by Crippen LogP contribution is -2.33. The third-order valence-electron chi connectivity index (χ3n) is 2.65. The third kappa shape index (κ3) is 1.66. The smallest absolute Gasteiger partial charge is 0.179 e. The second kappa shape index (κ2) is 4.79. The Morgan fingerprint density at radius 2 is 1.69 bits per heavy atom. The van der Waals surface area contributed by atoms with Crippen LogP contribution in [0.2, 0.25) is 0 Å². The van der Waals surface area contributed by atoms with Crippen LogP contribution in [0.25, 0.3) is 0 Å². The van der Waals surface area contributed by atoms with Gasteiger partial charge in [0.2, 0.25) is 0 Å². The van der Waals surface area contributed by atoms with Crippen LogP contribution < -0.4 is 0 Å². The summed E-state index contributed by atoms with van der Waals surface area (Å²) < 4.78 is 0. The van der Waals surface area contributed by atoms with Crippen LogP contribution in [0.5, 0.6) is 0 Å². The molecule has 0 aliphatic heterocycles. The van der Waals surface area contributed by atoms with Crippen LogP contribution in [0.3, 0.4) is 0 Å². The lowest BCUT2D eigenvalue weighted by Gasteiger charge is -2.27. The molecule has 4 nitrogen and oxygen atoms in total. The Bertz CT molecular complexity index is 459. The van der Waals surface area contributed by atoms with Crippen LogP contribution in [-0.4, -0.2) is 0 Å². The van der Waals surface area contributed by atoms with Gasteiger partial charge in [-0.15, -0.1) is 0 Å². The Morgan fingerprint density at radius 3 is 2.06 bits per heavy atom. The van der Waals surface area contributed by atoms with Crippen LogP contribution >= 0.6 is 0 Å². The molecule has 1 aliphatic rings. The van der Waals surface area contributed by atoms with Crippen molar-refractivity contribution in [3.05, 3.63) is 24.3 Å². The predicted octanol–water partition coefficient (Wildman–Crippen LogP) is 1.82. The molecule has 0 N–H and O–H groups in total. The number of rotatable bonds is 2. The monoisotopic (exact) mass is 208 g/mol. The minimum absolute atomic E-state index is 0.406. The Hall–Kier alpha value is -2.56. The van der Waals surface area contributed by atoms with E-state index >= 15 is 0 Å². The Kier molecular flexibility index (Phi) is 3.45. The van der Waals surface area contributed by atoms with Gasteiger partial charge in [-0.1, -0.05) is 24.3 Å². The quantitative estimate of drug-likeness (QED) is 0.691. The molecule has 76 valence electrons. The predicted molar refractivity (Wildman–Crippen MR) is 54.8 cm³/mol. The molecule has 0 aromatic heterocycles. The Morgan fingerprint density at radius 1 is 1.06 bits per heavy atom. The first-order valence-electron chi connectivity index (χ1n) is 4.70. The Labute approximate surface area is 93.9 Å². The molecule has 0 fully saturated rings. The van der Waals surface area contributed by atoms with Gasteiger partial charge in [0, 0.05) is 5.92 Å².